The molecule has 0 radical (unpaired) electrons. The molecule has 0 aliphatic carbocycles. The minimum atomic E-state index is 0.234. The first kappa shape index (κ1) is 13.4. The van der Waals surface area contributed by atoms with E-state index >= 15 is 0 Å². The van der Waals surface area contributed by atoms with Crippen molar-refractivity contribution < 1.29 is 4.74 Å². The highest BCUT2D eigenvalue weighted by atomic mass is 35.5. The third-order valence-electron chi connectivity index (χ3n) is 2.95. The van der Waals surface area contributed by atoms with Gasteiger partial charge in [0.1, 0.15) is 0 Å². The third kappa shape index (κ3) is 3.27. The van der Waals surface area contributed by atoms with Crippen LogP contribution in [0.4, 0.5) is 0 Å². The monoisotopic (exact) mass is 293 g/mol. The lowest BCUT2D eigenvalue weighted by atomic mass is 10.1. The second-order valence-corrected chi connectivity index (χ2v) is 5.18. The third-order valence-corrected chi connectivity index (χ3v) is 4.01. The Balaban J connectivity index is 2.13. The Morgan fingerprint density at radius 3 is 2.65 bits per heavy atom. The summed E-state index contributed by atoms with van der Waals surface area (Å²) in [5.74, 6) is 0.558. The lowest BCUT2D eigenvalue weighted by molar-refractivity contribution is -0.00301. The van der Waals surface area contributed by atoms with Crippen LogP contribution in [0.3, 0.4) is 0 Å². The molecule has 1 aromatic rings. The van der Waals surface area contributed by atoms with Crippen molar-refractivity contribution in [3.63, 3.8) is 0 Å². The molecule has 1 saturated heterocycles. The highest BCUT2D eigenvalue weighted by molar-refractivity contribution is 6.35. The highest BCUT2D eigenvalue weighted by Crippen LogP contribution is 2.27. The molecule has 94 valence electrons. The standard InChI is InChI=1S/C12H14Cl3NO/c13-6-9-8-17-5-4-16(9)7-10-11(14)2-1-3-12(10)15/h1-3,9H,4-8H2. The van der Waals surface area contributed by atoms with Gasteiger partial charge in [-0.1, -0.05) is 29.3 Å². The van der Waals surface area contributed by atoms with Crippen molar-refractivity contribution in [1.82, 2.24) is 4.90 Å². The van der Waals surface area contributed by atoms with Crippen molar-refractivity contribution in [2.24, 2.45) is 0 Å². The van der Waals surface area contributed by atoms with E-state index in [1.54, 1.807) is 0 Å². The second-order valence-electron chi connectivity index (χ2n) is 4.05. The van der Waals surface area contributed by atoms with Crippen molar-refractivity contribution in [3.8, 4) is 0 Å². The molecule has 0 aromatic heterocycles. The fourth-order valence-corrected chi connectivity index (χ4v) is 2.73. The van der Waals surface area contributed by atoms with Crippen LogP contribution in [0, 0.1) is 0 Å². The molecule has 1 fully saturated rings. The number of hydrogen-bond donors (Lipinski definition) is 0. The summed E-state index contributed by atoms with van der Waals surface area (Å²) in [4.78, 5) is 2.27. The minimum absolute atomic E-state index is 0.234. The average molecular weight is 295 g/mol. The summed E-state index contributed by atoms with van der Waals surface area (Å²) in [7, 11) is 0. The van der Waals surface area contributed by atoms with E-state index in [2.05, 4.69) is 4.90 Å². The summed E-state index contributed by atoms with van der Waals surface area (Å²) in [6.07, 6.45) is 0. The summed E-state index contributed by atoms with van der Waals surface area (Å²) >= 11 is 18.3. The van der Waals surface area contributed by atoms with Gasteiger partial charge in [0.15, 0.2) is 0 Å². The Hall–Kier alpha value is 0.01000. The number of nitrogens with zero attached hydrogens (tertiary/aromatic N) is 1. The summed E-state index contributed by atoms with van der Waals surface area (Å²) < 4.78 is 5.41. The van der Waals surface area contributed by atoms with Crippen LogP contribution >= 0.6 is 34.8 Å². The van der Waals surface area contributed by atoms with E-state index in [1.807, 2.05) is 18.2 Å². The molecule has 2 rings (SSSR count). The number of alkyl halides is 1. The van der Waals surface area contributed by atoms with Gasteiger partial charge >= 0.3 is 0 Å². The number of morpholine rings is 1. The number of benzene rings is 1. The average Bonchev–Trinajstić information content (AvgIpc) is 2.34. The van der Waals surface area contributed by atoms with E-state index < -0.39 is 0 Å². The normalized spacial score (nSPS) is 21.7. The Labute approximate surface area is 116 Å². The van der Waals surface area contributed by atoms with Crippen molar-refractivity contribution in [1.29, 1.82) is 0 Å². The van der Waals surface area contributed by atoms with Crippen LogP contribution in [0.15, 0.2) is 18.2 Å². The number of halogens is 3. The maximum Gasteiger partial charge on any atom is 0.0634 e. The number of rotatable bonds is 3. The van der Waals surface area contributed by atoms with E-state index in [-0.39, 0.29) is 6.04 Å². The molecule has 0 N–H and O–H groups in total. The van der Waals surface area contributed by atoms with Gasteiger partial charge in [-0.25, -0.2) is 0 Å². The summed E-state index contributed by atoms with van der Waals surface area (Å²) in [5, 5.41) is 1.41. The molecule has 1 heterocycles. The Kier molecular flexibility index (Phi) is 4.95. The Bertz CT molecular complexity index is 366. The lowest BCUT2D eigenvalue weighted by Crippen LogP contribution is -2.45. The molecule has 17 heavy (non-hydrogen) atoms. The molecule has 0 saturated carbocycles. The van der Waals surface area contributed by atoms with Crippen LogP contribution in [0.5, 0.6) is 0 Å². The van der Waals surface area contributed by atoms with Gasteiger partial charge in [-0.2, -0.15) is 0 Å². The molecule has 1 unspecified atom stereocenters. The van der Waals surface area contributed by atoms with Crippen molar-refractivity contribution in [2.75, 3.05) is 25.6 Å². The maximum atomic E-state index is 6.16. The van der Waals surface area contributed by atoms with E-state index in [9.17, 15) is 0 Å². The van der Waals surface area contributed by atoms with Crippen LogP contribution in [0.1, 0.15) is 5.56 Å². The summed E-state index contributed by atoms with van der Waals surface area (Å²) in [5.41, 5.74) is 0.966. The van der Waals surface area contributed by atoms with Gasteiger partial charge in [-0.3, -0.25) is 4.90 Å². The first-order chi connectivity index (χ1) is 8.22. The molecule has 1 aromatic carbocycles. The van der Waals surface area contributed by atoms with Gasteiger partial charge in [-0.15, -0.1) is 11.6 Å². The van der Waals surface area contributed by atoms with Gasteiger partial charge in [0.05, 0.1) is 13.2 Å². The highest BCUT2D eigenvalue weighted by Gasteiger charge is 2.23. The van der Waals surface area contributed by atoms with Crippen molar-refractivity contribution in [2.45, 2.75) is 12.6 Å². The van der Waals surface area contributed by atoms with E-state index in [4.69, 9.17) is 39.5 Å². The van der Waals surface area contributed by atoms with E-state index in [0.29, 0.717) is 22.5 Å². The molecule has 1 atom stereocenters. The molecule has 0 bridgehead atoms. The molecule has 0 amide bonds. The molecular weight excluding hydrogens is 280 g/mol. The quantitative estimate of drug-likeness (QED) is 0.792. The number of ether oxygens (including phenoxy) is 1. The lowest BCUT2D eigenvalue weighted by Gasteiger charge is -2.34. The van der Waals surface area contributed by atoms with Gasteiger partial charge in [0.2, 0.25) is 0 Å². The predicted molar refractivity (Wildman–Crippen MR) is 72.2 cm³/mol. The van der Waals surface area contributed by atoms with Gasteiger partial charge in [-0.05, 0) is 12.1 Å². The SMILES string of the molecule is ClCC1COCCN1Cc1c(Cl)cccc1Cl. The smallest absolute Gasteiger partial charge is 0.0634 e. The van der Waals surface area contributed by atoms with Crippen LogP contribution < -0.4 is 0 Å². The van der Waals surface area contributed by atoms with Crippen molar-refractivity contribution >= 4 is 34.8 Å². The Morgan fingerprint density at radius 1 is 1.29 bits per heavy atom. The zero-order chi connectivity index (χ0) is 12.3. The molecule has 5 heteroatoms. The topological polar surface area (TPSA) is 12.5 Å². The van der Waals surface area contributed by atoms with Crippen LogP contribution in [0.2, 0.25) is 10.0 Å². The van der Waals surface area contributed by atoms with Crippen LogP contribution in [-0.4, -0.2) is 36.6 Å². The molecular formula is C12H14Cl3NO. The van der Waals surface area contributed by atoms with Crippen molar-refractivity contribution in [3.05, 3.63) is 33.8 Å². The minimum Gasteiger partial charge on any atom is -0.378 e. The van der Waals surface area contributed by atoms with Gasteiger partial charge < -0.3 is 4.74 Å². The van der Waals surface area contributed by atoms with E-state index in [1.165, 1.54) is 0 Å². The summed E-state index contributed by atoms with van der Waals surface area (Å²) in [6.45, 7) is 2.99. The fraction of sp³-hybridized carbons (Fsp3) is 0.500. The first-order valence-corrected chi connectivity index (χ1v) is 6.82. The zero-order valence-corrected chi connectivity index (χ0v) is 11.6. The van der Waals surface area contributed by atoms with Crippen LogP contribution in [0.25, 0.3) is 0 Å². The second kappa shape index (κ2) is 6.26. The van der Waals surface area contributed by atoms with Gasteiger partial charge in [0, 0.05) is 40.6 Å². The van der Waals surface area contributed by atoms with E-state index in [0.717, 1.165) is 25.3 Å². The first-order valence-electron chi connectivity index (χ1n) is 5.53. The maximum absolute atomic E-state index is 6.16. The van der Waals surface area contributed by atoms with Gasteiger partial charge in [0.25, 0.3) is 0 Å². The largest absolute Gasteiger partial charge is 0.378 e. The predicted octanol–water partition coefficient (Wildman–Crippen LogP) is 3.43. The number of hydrogen-bond acceptors (Lipinski definition) is 2. The Morgan fingerprint density at radius 2 is 2.00 bits per heavy atom. The zero-order valence-electron chi connectivity index (χ0n) is 9.33. The molecule has 1 aliphatic rings. The summed E-state index contributed by atoms with van der Waals surface area (Å²) in [6, 6.07) is 5.81. The molecule has 0 spiro atoms. The molecule has 1 aliphatic heterocycles. The fourth-order valence-electron chi connectivity index (χ4n) is 1.93. The molecule has 2 nitrogen and oxygen atoms in total. The van der Waals surface area contributed by atoms with Crippen LogP contribution in [-0.2, 0) is 11.3 Å².